The molecule has 4 aromatic rings. The molecule has 0 aliphatic heterocycles. The van der Waals surface area contributed by atoms with Gasteiger partial charge in [0.05, 0.1) is 30.0 Å². The second kappa shape index (κ2) is 6.29. The summed E-state index contributed by atoms with van der Waals surface area (Å²) in [5.74, 6) is 1.33. The van der Waals surface area contributed by atoms with Crippen molar-refractivity contribution in [3.63, 3.8) is 0 Å². The maximum absolute atomic E-state index is 4.53. The molecule has 4 aromatic heterocycles. The molecule has 4 heterocycles. The van der Waals surface area contributed by atoms with Gasteiger partial charge in [-0.3, -0.25) is 9.97 Å². The van der Waals surface area contributed by atoms with Gasteiger partial charge in [-0.15, -0.1) is 0 Å². The van der Waals surface area contributed by atoms with Crippen molar-refractivity contribution in [2.24, 2.45) is 0 Å². The third-order valence-electron chi connectivity index (χ3n) is 3.47. The molecule has 24 heavy (non-hydrogen) atoms. The predicted molar refractivity (Wildman–Crippen MR) is 92.1 cm³/mol. The quantitative estimate of drug-likeness (QED) is 0.624. The van der Waals surface area contributed by atoms with E-state index in [0.29, 0.717) is 17.3 Å². The minimum atomic E-state index is 0.624. The van der Waals surface area contributed by atoms with Gasteiger partial charge in [-0.05, 0) is 36.4 Å². The Morgan fingerprint density at radius 1 is 0.750 bits per heavy atom. The molecule has 0 saturated heterocycles. The maximum atomic E-state index is 4.53. The van der Waals surface area contributed by atoms with Crippen LogP contribution in [0.1, 0.15) is 0 Å². The van der Waals surface area contributed by atoms with Gasteiger partial charge in [-0.1, -0.05) is 6.07 Å². The van der Waals surface area contributed by atoms with E-state index in [1.54, 1.807) is 24.8 Å². The van der Waals surface area contributed by atoms with E-state index in [-0.39, 0.29) is 0 Å². The Bertz CT molecular complexity index is 917. The summed E-state index contributed by atoms with van der Waals surface area (Å²) in [5.41, 5.74) is 2.49. The highest BCUT2D eigenvalue weighted by molar-refractivity contribution is 5.58. The molecule has 0 aromatic carbocycles. The molecule has 0 radical (unpaired) electrons. The zero-order valence-corrected chi connectivity index (χ0v) is 12.7. The van der Waals surface area contributed by atoms with Gasteiger partial charge < -0.3 is 9.88 Å². The summed E-state index contributed by atoms with van der Waals surface area (Å²) < 4.78 is 2.00. The van der Waals surface area contributed by atoms with E-state index in [1.807, 2.05) is 59.4 Å². The molecule has 116 valence electrons. The fourth-order valence-electron chi connectivity index (χ4n) is 2.31. The van der Waals surface area contributed by atoms with E-state index in [4.69, 9.17) is 0 Å². The molecule has 6 nitrogen and oxygen atoms in total. The number of nitrogens with one attached hydrogen (secondary N) is 1. The summed E-state index contributed by atoms with van der Waals surface area (Å²) in [6.45, 7) is 0. The predicted octanol–water partition coefficient (Wildman–Crippen LogP) is 3.47. The lowest BCUT2D eigenvalue weighted by atomic mass is 10.3. The van der Waals surface area contributed by atoms with Crippen molar-refractivity contribution in [2.45, 2.75) is 0 Å². The van der Waals surface area contributed by atoms with Gasteiger partial charge >= 0.3 is 0 Å². The molecule has 0 spiro atoms. The van der Waals surface area contributed by atoms with Crippen molar-refractivity contribution in [2.75, 3.05) is 5.32 Å². The summed E-state index contributed by atoms with van der Waals surface area (Å²) in [7, 11) is 0. The lowest BCUT2D eigenvalue weighted by Gasteiger charge is -2.07. The lowest BCUT2D eigenvalue weighted by molar-refractivity contribution is 1.06. The highest BCUT2D eigenvalue weighted by Gasteiger charge is 2.04. The van der Waals surface area contributed by atoms with Gasteiger partial charge in [-0.25, -0.2) is 9.97 Å². The Hall–Kier alpha value is -3.54. The molecular formula is C18H14N6. The SMILES string of the molecule is c1ccc(-c2cncc(Nc3ccc(-n4cccc4)cn3)n2)nc1. The number of hydrogen-bond acceptors (Lipinski definition) is 5. The van der Waals surface area contributed by atoms with E-state index in [1.165, 1.54) is 0 Å². The van der Waals surface area contributed by atoms with Gasteiger partial charge in [0, 0.05) is 18.6 Å². The third-order valence-corrected chi connectivity index (χ3v) is 3.47. The summed E-state index contributed by atoms with van der Waals surface area (Å²) in [6, 6.07) is 13.5. The average Bonchev–Trinajstić information content (AvgIpc) is 3.18. The normalized spacial score (nSPS) is 10.5. The zero-order chi connectivity index (χ0) is 16.2. The Kier molecular flexibility index (Phi) is 3.69. The van der Waals surface area contributed by atoms with Crippen LogP contribution >= 0.6 is 0 Å². The Morgan fingerprint density at radius 2 is 1.67 bits per heavy atom. The van der Waals surface area contributed by atoms with Crippen LogP contribution in [0.25, 0.3) is 17.1 Å². The van der Waals surface area contributed by atoms with E-state index >= 15 is 0 Å². The topological polar surface area (TPSA) is 68.5 Å². The van der Waals surface area contributed by atoms with E-state index in [2.05, 4.69) is 25.3 Å². The van der Waals surface area contributed by atoms with E-state index in [0.717, 1.165) is 11.4 Å². The fraction of sp³-hybridized carbons (Fsp3) is 0. The van der Waals surface area contributed by atoms with Gasteiger partial charge in [0.25, 0.3) is 0 Å². The van der Waals surface area contributed by atoms with Crippen LogP contribution in [0.3, 0.4) is 0 Å². The van der Waals surface area contributed by atoms with Crippen LogP contribution in [0.5, 0.6) is 0 Å². The molecule has 0 fully saturated rings. The van der Waals surface area contributed by atoms with Crippen molar-refractivity contribution in [3.8, 4) is 17.1 Å². The molecule has 0 unspecified atom stereocenters. The minimum absolute atomic E-state index is 0.624. The van der Waals surface area contributed by atoms with Crippen molar-refractivity contribution in [1.29, 1.82) is 0 Å². The van der Waals surface area contributed by atoms with Crippen LogP contribution in [0.4, 0.5) is 11.6 Å². The first-order chi connectivity index (χ1) is 11.9. The molecular weight excluding hydrogens is 300 g/mol. The minimum Gasteiger partial charge on any atom is -0.324 e. The summed E-state index contributed by atoms with van der Waals surface area (Å²) >= 11 is 0. The number of nitrogens with zero attached hydrogens (tertiary/aromatic N) is 5. The van der Waals surface area contributed by atoms with E-state index in [9.17, 15) is 0 Å². The molecule has 0 bridgehead atoms. The lowest BCUT2D eigenvalue weighted by Crippen LogP contribution is -1.99. The molecule has 0 atom stereocenters. The molecule has 1 N–H and O–H groups in total. The van der Waals surface area contributed by atoms with Crippen LogP contribution < -0.4 is 5.32 Å². The van der Waals surface area contributed by atoms with Crippen LogP contribution in [0.2, 0.25) is 0 Å². The number of anilines is 2. The molecule has 0 amide bonds. The van der Waals surface area contributed by atoms with Gasteiger partial charge in [-0.2, -0.15) is 0 Å². The number of rotatable bonds is 4. The highest BCUT2D eigenvalue weighted by Crippen LogP contribution is 2.17. The van der Waals surface area contributed by atoms with Crippen molar-refractivity contribution >= 4 is 11.6 Å². The summed E-state index contributed by atoms with van der Waals surface area (Å²) in [6.07, 6.45) is 10.8. The largest absolute Gasteiger partial charge is 0.324 e. The van der Waals surface area contributed by atoms with Crippen molar-refractivity contribution < 1.29 is 0 Å². The van der Waals surface area contributed by atoms with Gasteiger partial charge in [0.15, 0.2) is 5.82 Å². The number of aromatic nitrogens is 5. The molecule has 6 heteroatoms. The Morgan fingerprint density at radius 3 is 2.42 bits per heavy atom. The van der Waals surface area contributed by atoms with Crippen molar-refractivity contribution in [3.05, 3.63) is 79.6 Å². The Labute approximate surface area is 138 Å². The molecule has 0 saturated carbocycles. The highest BCUT2D eigenvalue weighted by atomic mass is 15.1. The van der Waals surface area contributed by atoms with Crippen LogP contribution in [0.15, 0.2) is 79.6 Å². The first-order valence-electron chi connectivity index (χ1n) is 7.48. The van der Waals surface area contributed by atoms with Crippen molar-refractivity contribution in [1.82, 2.24) is 24.5 Å². The first-order valence-corrected chi connectivity index (χ1v) is 7.48. The molecule has 4 rings (SSSR count). The third kappa shape index (κ3) is 2.98. The Balaban J connectivity index is 1.55. The van der Waals surface area contributed by atoms with Gasteiger partial charge in [0.1, 0.15) is 11.5 Å². The van der Waals surface area contributed by atoms with Crippen LogP contribution in [-0.2, 0) is 0 Å². The zero-order valence-electron chi connectivity index (χ0n) is 12.7. The monoisotopic (exact) mass is 314 g/mol. The maximum Gasteiger partial charge on any atom is 0.150 e. The summed E-state index contributed by atoms with van der Waals surface area (Å²) in [5, 5.41) is 3.16. The van der Waals surface area contributed by atoms with Crippen LogP contribution in [-0.4, -0.2) is 24.5 Å². The average molecular weight is 314 g/mol. The van der Waals surface area contributed by atoms with Gasteiger partial charge in [0.2, 0.25) is 0 Å². The second-order valence-corrected chi connectivity index (χ2v) is 5.12. The smallest absolute Gasteiger partial charge is 0.150 e. The van der Waals surface area contributed by atoms with E-state index < -0.39 is 0 Å². The first kappa shape index (κ1) is 14.1. The standard InChI is InChI=1S/C18H14N6/c1-2-8-20-15(5-1)16-12-19-13-18(22-16)23-17-7-6-14(11-21-17)24-9-3-4-10-24/h1-13H,(H,21,22,23). The number of pyridine rings is 2. The molecule has 0 aliphatic carbocycles. The second-order valence-electron chi connectivity index (χ2n) is 5.12. The molecule has 0 aliphatic rings. The summed E-state index contributed by atoms with van der Waals surface area (Å²) in [4.78, 5) is 17.5. The fourth-order valence-corrected chi connectivity index (χ4v) is 2.31. The number of hydrogen-bond donors (Lipinski definition) is 1. The van der Waals surface area contributed by atoms with Crippen LogP contribution in [0, 0.1) is 0 Å².